The highest BCUT2D eigenvalue weighted by Gasteiger charge is 2.13. The zero-order valence-electron chi connectivity index (χ0n) is 4.45. The molecule has 2 nitrogen and oxygen atoms in total. The summed E-state index contributed by atoms with van der Waals surface area (Å²) in [7, 11) is 0. The van der Waals surface area contributed by atoms with Crippen LogP contribution in [0, 0.1) is 0 Å². The highest BCUT2D eigenvalue weighted by Crippen LogP contribution is 2.08. The number of rotatable bonds is 0. The Hall–Kier alpha value is 0.620. The highest BCUT2D eigenvalue weighted by molar-refractivity contribution is 7.81. The zero-order valence-corrected chi connectivity index (χ0v) is 6.24. The first-order valence-corrected chi connectivity index (χ1v) is 3.44. The van der Waals surface area contributed by atoms with Crippen molar-refractivity contribution in [3.63, 3.8) is 0 Å². The molecule has 0 amide bonds. The molecule has 4 heteroatoms. The summed E-state index contributed by atoms with van der Waals surface area (Å²) < 4.78 is 7.03. The van der Waals surface area contributed by atoms with E-state index in [-0.39, 0.29) is 5.44 Å². The first kappa shape index (κ1) is 6.74. The Morgan fingerprint density at radius 3 is 2.75 bits per heavy atom. The lowest BCUT2D eigenvalue weighted by molar-refractivity contribution is 0.0568. The second-order valence-corrected chi connectivity index (χ2v) is 2.88. The molecule has 1 atom stereocenters. The smallest absolute Gasteiger partial charge is 0.114 e. The minimum absolute atomic E-state index is 0.0567. The maximum atomic E-state index is 5.12. The molecule has 0 aromatic rings. The van der Waals surface area contributed by atoms with Crippen molar-refractivity contribution in [2.75, 3.05) is 19.7 Å². The number of nitrogens with zero attached hydrogens (tertiary/aromatic N) is 1. The number of morpholine rings is 1. The Balaban J connectivity index is 2.23. The molecule has 48 valence electrons. The zero-order chi connectivity index (χ0) is 5.98. The van der Waals surface area contributed by atoms with Crippen LogP contribution in [0.25, 0.3) is 0 Å². The number of hydrogen-bond donors (Lipinski definition) is 2. The summed E-state index contributed by atoms with van der Waals surface area (Å²) in [5.41, 5.74) is 0.0567. The summed E-state index contributed by atoms with van der Waals surface area (Å²) in [4.78, 5) is 0. The summed E-state index contributed by atoms with van der Waals surface area (Å²) >= 11 is 8.23. The van der Waals surface area contributed by atoms with Crippen LogP contribution in [0.2, 0.25) is 0 Å². The fraction of sp³-hybridized carbons (Fsp3) is 1.00. The van der Waals surface area contributed by atoms with Crippen LogP contribution in [0.5, 0.6) is 0 Å². The summed E-state index contributed by atoms with van der Waals surface area (Å²) in [5.74, 6) is 0. The lowest BCUT2D eigenvalue weighted by atomic mass is 10.5. The van der Waals surface area contributed by atoms with Gasteiger partial charge >= 0.3 is 0 Å². The molecule has 0 aromatic carbocycles. The van der Waals surface area contributed by atoms with Gasteiger partial charge in [0.05, 0.1) is 6.61 Å². The van der Waals surface area contributed by atoms with Crippen LogP contribution in [-0.4, -0.2) is 29.4 Å². The summed E-state index contributed by atoms with van der Waals surface area (Å²) in [5, 5.41) is 0. The van der Waals surface area contributed by atoms with Gasteiger partial charge in [-0.3, -0.25) is 0 Å². The molecular formula is C4H9NOS2. The Labute approximate surface area is 60.1 Å². The monoisotopic (exact) mass is 151 g/mol. The second-order valence-electron chi connectivity index (χ2n) is 1.74. The first-order valence-electron chi connectivity index (χ1n) is 2.52. The Bertz CT molecular complexity index is 72.4. The van der Waals surface area contributed by atoms with E-state index in [2.05, 4.69) is 25.4 Å². The summed E-state index contributed by atoms with van der Waals surface area (Å²) in [6, 6.07) is 0. The molecule has 1 unspecified atom stereocenters. The average Bonchev–Trinajstić information content (AvgIpc) is 1.64. The van der Waals surface area contributed by atoms with Gasteiger partial charge in [-0.2, -0.15) is 0 Å². The molecule has 1 fully saturated rings. The number of ether oxygens (including phenoxy) is 1. The van der Waals surface area contributed by atoms with Crippen LogP contribution in [0.4, 0.5) is 0 Å². The quantitative estimate of drug-likeness (QED) is 0.487. The summed E-state index contributed by atoms with van der Waals surface area (Å²) in [6.45, 7) is 2.46. The van der Waals surface area contributed by atoms with Gasteiger partial charge in [0.1, 0.15) is 5.44 Å². The van der Waals surface area contributed by atoms with E-state index >= 15 is 0 Å². The van der Waals surface area contributed by atoms with Crippen molar-refractivity contribution in [2.45, 2.75) is 5.44 Å². The normalized spacial score (nSPS) is 33.0. The molecule has 0 aromatic heterocycles. The largest absolute Gasteiger partial charge is 0.365 e. The molecule has 0 aliphatic carbocycles. The van der Waals surface area contributed by atoms with Crippen LogP contribution in [0.1, 0.15) is 0 Å². The van der Waals surface area contributed by atoms with E-state index in [1.165, 1.54) is 0 Å². The third-order valence-corrected chi connectivity index (χ3v) is 1.70. The van der Waals surface area contributed by atoms with Crippen molar-refractivity contribution < 1.29 is 4.74 Å². The van der Waals surface area contributed by atoms with Gasteiger partial charge in [-0.05, 0) is 0 Å². The van der Waals surface area contributed by atoms with Crippen LogP contribution in [0.15, 0.2) is 0 Å². The van der Waals surface area contributed by atoms with E-state index in [1.807, 2.05) is 4.31 Å². The Kier molecular flexibility index (Phi) is 2.49. The average molecular weight is 151 g/mol. The predicted octanol–water partition coefficient (Wildman–Crippen LogP) is 0.419. The van der Waals surface area contributed by atoms with Gasteiger partial charge in [-0.15, -0.1) is 12.6 Å². The van der Waals surface area contributed by atoms with Gasteiger partial charge in [0.2, 0.25) is 0 Å². The molecule has 0 radical (unpaired) electrons. The highest BCUT2D eigenvalue weighted by atomic mass is 32.1. The van der Waals surface area contributed by atoms with Crippen molar-refractivity contribution in [2.24, 2.45) is 0 Å². The lowest BCUT2D eigenvalue weighted by Gasteiger charge is -2.25. The molecule has 1 aliphatic heterocycles. The molecule has 0 saturated carbocycles. The topological polar surface area (TPSA) is 12.5 Å². The maximum absolute atomic E-state index is 5.12. The minimum atomic E-state index is 0.0567. The van der Waals surface area contributed by atoms with Gasteiger partial charge in [-0.1, -0.05) is 12.8 Å². The van der Waals surface area contributed by atoms with E-state index < -0.39 is 0 Å². The molecule has 0 bridgehead atoms. The molecule has 1 aliphatic rings. The van der Waals surface area contributed by atoms with Crippen LogP contribution in [0.3, 0.4) is 0 Å². The maximum Gasteiger partial charge on any atom is 0.114 e. The lowest BCUT2D eigenvalue weighted by Crippen LogP contribution is -2.33. The third kappa shape index (κ3) is 1.85. The number of thiol groups is 2. The van der Waals surface area contributed by atoms with E-state index in [9.17, 15) is 0 Å². The molecule has 0 spiro atoms. The molecule has 0 N–H and O–H groups in total. The molecule has 1 saturated heterocycles. The van der Waals surface area contributed by atoms with Gasteiger partial charge in [0, 0.05) is 13.1 Å². The van der Waals surface area contributed by atoms with Crippen molar-refractivity contribution in [3.8, 4) is 0 Å². The van der Waals surface area contributed by atoms with Crippen LogP contribution < -0.4 is 0 Å². The molecule has 8 heavy (non-hydrogen) atoms. The Morgan fingerprint density at radius 1 is 1.62 bits per heavy atom. The van der Waals surface area contributed by atoms with Gasteiger partial charge < -0.3 is 4.74 Å². The van der Waals surface area contributed by atoms with Gasteiger partial charge in [-0.25, -0.2) is 4.31 Å². The van der Waals surface area contributed by atoms with Crippen molar-refractivity contribution in [1.82, 2.24) is 4.31 Å². The summed E-state index contributed by atoms with van der Waals surface area (Å²) in [6.07, 6.45) is 0. The van der Waals surface area contributed by atoms with E-state index in [0.717, 1.165) is 19.7 Å². The third-order valence-electron chi connectivity index (χ3n) is 1.03. The second kappa shape index (κ2) is 2.96. The number of hydrogen-bond acceptors (Lipinski definition) is 4. The van der Waals surface area contributed by atoms with Gasteiger partial charge in [0.25, 0.3) is 0 Å². The molecular weight excluding hydrogens is 142 g/mol. The predicted molar refractivity (Wildman–Crippen MR) is 39.3 cm³/mol. The fourth-order valence-corrected chi connectivity index (χ4v) is 1.28. The van der Waals surface area contributed by atoms with Crippen molar-refractivity contribution in [1.29, 1.82) is 0 Å². The van der Waals surface area contributed by atoms with Crippen molar-refractivity contribution >= 4 is 25.4 Å². The van der Waals surface area contributed by atoms with Crippen LogP contribution in [-0.2, 0) is 4.74 Å². The Morgan fingerprint density at radius 2 is 2.38 bits per heavy atom. The fourth-order valence-electron chi connectivity index (χ4n) is 0.618. The van der Waals surface area contributed by atoms with E-state index in [4.69, 9.17) is 4.74 Å². The van der Waals surface area contributed by atoms with Crippen LogP contribution >= 0.6 is 25.4 Å². The van der Waals surface area contributed by atoms with Crippen molar-refractivity contribution in [3.05, 3.63) is 0 Å². The SMILES string of the molecule is SC1CN(S)CCO1. The van der Waals surface area contributed by atoms with Gasteiger partial charge in [0.15, 0.2) is 0 Å². The van der Waals surface area contributed by atoms with E-state index in [1.54, 1.807) is 0 Å². The molecule has 1 heterocycles. The molecule has 1 rings (SSSR count). The standard InChI is InChI=1S/C4H9NOS2/c7-4-3-5(8)1-2-6-4/h4,7-8H,1-3H2. The van der Waals surface area contributed by atoms with E-state index in [0.29, 0.717) is 0 Å². The minimum Gasteiger partial charge on any atom is -0.365 e. The first-order chi connectivity index (χ1) is 3.79.